The van der Waals surface area contributed by atoms with E-state index in [2.05, 4.69) is 25.1 Å². The lowest BCUT2D eigenvalue weighted by Crippen LogP contribution is -2.49. The minimum atomic E-state index is -0.248. The van der Waals surface area contributed by atoms with Crippen LogP contribution in [0, 0.1) is 6.57 Å². The molecule has 6 rings (SSSR count). The highest BCUT2D eigenvalue weighted by Gasteiger charge is 2.27. The lowest BCUT2D eigenvalue weighted by atomic mass is 10.1. The quantitative estimate of drug-likeness (QED) is 0.222. The van der Waals surface area contributed by atoms with Crippen LogP contribution >= 0.6 is 11.8 Å². The van der Waals surface area contributed by atoms with Crippen molar-refractivity contribution >= 4 is 34.7 Å². The molecule has 0 saturated carbocycles. The van der Waals surface area contributed by atoms with E-state index in [1.165, 1.54) is 16.4 Å². The van der Waals surface area contributed by atoms with Crippen molar-refractivity contribution in [3.8, 4) is 5.69 Å². The van der Waals surface area contributed by atoms with Gasteiger partial charge in [-0.15, -0.1) is 11.8 Å². The number of piperazine rings is 1. The summed E-state index contributed by atoms with van der Waals surface area (Å²) in [6.45, 7) is 9.98. The van der Waals surface area contributed by atoms with E-state index >= 15 is 0 Å². The Bertz CT molecular complexity index is 1860. The molecule has 0 bridgehead atoms. The Morgan fingerprint density at radius 3 is 2.34 bits per heavy atom. The maximum absolute atomic E-state index is 13.8. The smallest absolute Gasteiger partial charge is 0.296 e. The number of aromatic nitrogens is 3. The minimum absolute atomic E-state index is 0.0550. The number of carbonyl (C=O) groups excluding carboxylic acids is 1. The molecule has 0 unspecified atom stereocenters. The first-order chi connectivity index (χ1) is 21.6. The summed E-state index contributed by atoms with van der Waals surface area (Å²) in [5.74, 6) is -0.0550. The molecular weight excluding hydrogens is 570 g/mol. The van der Waals surface area contributed by atoms with E-state index in [0.29, 0.717) is 61.0 Å². The number of hydrogen-bond acceptors (Lipinski definition) is 7. The average Bonchev–Trinajstić information content (AvgIpc) is 3.09. The van der Waals surface area contributed by atoms with Crippen molar-refractivity contribution in [2.24, 2.45) is 0 Å². The van der Waals surface area contributed by atoms with Gasteiger partial charge in [-0.25, -0.2) is 4.85 Å². The Morgan fingerprint density at radius 1 is 0.864 bits per heavy atom. The number of carbonyl (C=O) groups is 1. The third-order valence-corrected chi connectivity index (χ3v) is 8.52. The molecule has 2 aromatic heterocycles. The SMILES string of the molecule is [C-]#[N+]c1ccccc1Sc1ccccc1C(=O)N1CCN(c2cnn(-c3ccccc3)c(=O)c2NCc2cccnc2)CC1. The molecular formula is C34H29N7O2S. The first-order valence-electron chi connectivity index (χ1n) is 14.2. The zero-order valence-corrected chi connectivity index (χ0v) is 24.7. The number of amides is 1. The number of para-hydroxylation sites is 2. The number of benzene rings is 3. The van der Waals surface area contributed by atoms with Crippen LogP contribution in [0.15, 0.2) is 124 Å². The van der Waals surface area contributed by atoms with Crippen LogP contribution in [0.2, 0.25) is 0 Å². The number of anilines is 2. The molecule has 1 aliphatic heterocycles. The van der Waals surface area contributed by atoms with E-state index in [4.69, 9.17) is 6.57 Å². The van der Waals surface area contributed by atoms with Crippen LogP contribution in [0.1, 0.15) is 15.9 Å². The van der Waals surface area contributed by atoms with Crippen molar-refractivity contribution in [3.63, 3.8) is 0 Å². The molecule has 1 N–H and O–H groups in total. The van der Waals surface area contributed by atoms with Crippen LogP contribution in [0.25, 0.3) is 10.5 Å². The van der Waals surface area contributed by atoms with E-state index in [1.807, 2.05) is 89.8 Å². The zero-order chi connectivity index (χ0) is 30.3. The standard InChI is InChI=1S/C34H29N7O2S/c1-35-28-14-6-8-16-31(28)44-30-15-7-5-13-27(30)33(42)40-20-18-39(19-21-40)29-24-38-41(26-11-3-2-4-12-26)34(43)32(29)37-23-25-10-9-17-36-22-25/h2-17,22,24,37H,18-21,23H2. The number of nitrogens with one attached hydrogen (secondary N) is 1. The summed E-state index contributed by atoms with van der Waals surface area (Å²) >= 11 is 1.43. The first-order valence-corrected chi connectivity index (χ1v) is 15.0. The van der Waals surface area contributed by atoms with Gasteiger partial charge in [-0.3, -0.25) is 14.6 Å². The molecule has 0 spiro atoms. The molecule has 9 nitrogen and oxygen atoms in total. The van der Waals surface area contributed by atoms with E-state index in [0.717, 1.165) is 15.4 Å². The fourth-order valence-corrected chi connectivity index (χ4v) is 6.12. The van der Waals surface area contributed by atoms with Crippen molar-refractivity contribution < 1.29 is 4.79 Å². The fourth-order valence-electron chi connectivity index (χ4n) is 5.10. The summed E-state index contributed by atoms with van der Waals surface area (Å²) in [4.78, 5) is 40.9. The monoisotopic (exact) mass is 599 g/mol. The Morgan fingerprint density at radius 2 is 1.59 bits per heavy atom. The summed E-state index contributed by atoms with van der Waals surface area (Å²) in [6, 6.07) is 28.1. The Kier molecular flexibility index (Phi) is 8.66. The number of nitrogens with zero attached hydrogens (tertiary/aromatic N) is 6. The average molecular weight is 600 g/mol. The highest BCUT2D eigenvalue weighted by atomic mass is 32.2. The van der Waals surface area contributed by atoms with Crippen LogP contribution in [-0.4, -0.2) is 51.8 Å². The third kappa shape index (κ3) is 6.19. The van der Waals surface area contributed by atoms with E-state index in [1.54, 1.807) is 24.7 Å². The Hall–Kier alpha value is -5.40. The van der Waals surface area contributed by atoms with Gasteiger partial charge < -0.3 is 15.1 Å². The molecule has 3 aromatic carbocycles. The predicted octanol–water partition coefficient (Wildman–Crippen LogP) is 5.90. The van der Waals surface area contributed by atoms with Gasteiger partial charge in [-0.05, 0) is 35.9 Å². The summed E-state index contributed by atoms with van der Waals surface area (Å²) in [6.07, 6.45) is 5.20. The van der Waals surface area contributed by atoms with Crippen molar-refractivity contribution in [3.05, 3.63) is 142 Å². The van der Waals surface area contributed by atoms with Crippen molar-refractivity contribution in [1.29, 1.82) is 0 Å². The Labute approximate surface area is 259 Å². The number of rotatable bonds is 8. The van der Waals surface area contributed by atoms with Crippen molar-refractivity contribution in [2.45, 2.75) is 16.3 Å². The Balaban J connectivity index is 1.22. The third-order valence-electron chi connectivity index (χ3n) is 7.38. The van der Waals surface area contributed by atoms with Gasteiger partial charge in [-0.1, -0.05) is 60.7 Å². The van der Waals surface area contributed by atoms with Crippen molar-refractivity contribution in [2.75, 3.05) is 36.4 Å². The highest BCUT2D eigenvalue weighted by molar-refractivity contribution is 7.99. The van der Waals surface area contributed by atoms with E-state index in [9.17, 15) is 9.59 Å². The maximum atomic E-state index is 13.8. The summed E-state index contributed by atoms with van der Waals surface area (Å²) in [7, 11) is 0. The van der Waals surface area contributed by atoms with E-state index in [-0.39, 0.29) is 11.5 Å². The molecule has 1 fully saturated rings. The van der Waals surface area contributed by atoms with Crippen LogP contribution in [0.5, 0.6) is 0 Å². The molecule has 0 radical (unpaired) electrons. The largest absolute Gasteiger partial charge is 0.375 e. The van der Waals surface area contributed by atoms with E-state index < -0.39 is 0 Å². The second-order valence-electron chi connectivity index (χ2n) is 10.1. The zero-order valence-electron chi connectivity index (χ0n) is 23.8. The predicted molar refractivity (Wildman–Crippen MR) is 173 cm³/mol. The molecule has 218 valence electrons. The molecule has 0 aliphatic carbocycles. The van der Waals surface area contributed by atoms with Crippen LogP contribution < -0.4 is 15.8 Å². The van der Waals surface area contributed by atoms with Crippen LogP contribution in [0.3, 0.4) is 0 Å². The van der Waals surface area contributed by atoms with Gasteiger partial charge in [0.25, 0.3) is 11.5 Å². The van der Waals surface area contributed by atoms with Gasteiger partial charge in [0.05, 0.1) is 29.7 Å². The lowest BCUT2D eigenvalue weighted by Gasteiger charge is -2.37. The van der Waals surface area contributed by atoms with Gasteiger partial charge in [-0.2, -0.15) is 9.78 Å². The fraction of sp³-hybridized carbons (Fsp3) is 0.147. The van der Waals surface area contributed by atoms with Gasteiger partial charge in [0, 0.05) is 54.9 Å². The van der Waals surface area contributed by atoms with Crippen LogP contribution in [0.4, 0.5) is 17.1 Å². The molecule has 3 heterocycles. The lowest BCUT2D eigenvalue weighted by molar-refractivity contribution is 0.0743. The second-order valence-corrected chi connectivity index (χ2v) is 11.2. The molecule has 1 amide bonds. The summed E-state index contributed by atoms with van der Waals surface area (Å²) < 4.78 is 1.40. The molecule has 0 atom stereocenters. The van der Waals surface area contributed by atoms with Gasteiger partial charge >= 0.3 is 0 Å². The number of hydrogen-bond donors (Lipinski definition) is 1. The second kappa shape index (κ2) is 13.3. The van der Waals surface area contributed by atoms with Crippen LogP contribution in [-0.2, 0) is 6.54 Å². The first kappa shape index (κ1) is 28.7. The highest BCUT2D eigenvalue weighted by Crippen LogP contribution is 2.37. The van der Waals surface area contributed by atoms with Gasteiger partial charge in [0.1, 0.15) is 5.69 Å². The summed E-state index contributed by atoms with van der Waals surface area (Å²) in [5.41, 5.74) is 3.70. The van der Waals surface area contributed by atoms with Gasteiger partial charge in [0.2, 0.25) is 5.69 Å². The van der Waals surface area contributed by atoms with Crippen molar-refractivity contribution in [1.82, 2.24) is 19.7 Å². The molecule has 10 heteroatoms. The van der Waals surface area contributed by atoms with Gasteiger partial charge in [0.15, 0.2) is 0 Å². The summed E-state index contributed by atoms with van der Waals surface area (Å²) in [5, 5.41) is 7.86. The molecule has 1 saturated heterocycles. The number of pyridine rings is 1. The molecule has 1 aliphatic rings. The topological polar surface area (TPSA) is 87.7 Å². The molecule has 44 heavy (non-hydrogen) atoms. The minimum Gasteiger partial charge on any atom is -0.375 e. The molecule has 5 aromatic rings. The normalized spacial score (nSPS) is 12.9. The maximum Gasteiger partial charge on any atom is 0.296 e.